The van der Waals surface area contributed by atoms with Crippen LogP contribution < -0.4 is 0 Å². The van der Waals surface area contributed by atoms with E-state index in [1.807, 2.05) is 0 Å². The number of nitrogens with zero attached hydrogens (tertiary/aromatic N) is 1. The molecule has 1 aromatic rings. The zero-order chi connectivity index (χ0) is 10.3. The Kier molecular flexibility index (Phi) is 2.28. The molecule has 0 aromatic heterocycles. The van der Waals surface area contributed by atoms with Gasteiger partial charge in [0.2, 0.25) is 0 Å². The molecule has 80 valence electrons. The highest BCUT2D eigenvalue weighted by Gasteiger charge is 2.34. The first-order valence-electron chi connectivity index (χ1n) is 6.14. The van der Waals surface area contributed by atoms with Crippen LogP contribution in [0.1, 0.15) is 36.4 Å². The molecule has 1 aromatic carbocycles. The van der Waals surface area contributed by atoms with Gasteiger partial charge in [-0.05, 0) is 56.3 Å². The van der Waals surface area contributed by atoms with Crippen molar-refractivity contribution in [3.8, 4) is 0 Å². The molecule has 0 radical (unpaired) electrons. The maximum atomic E-state index is 2.56. The lowest BCUT2D eigenvalue weighted by atomic mass is 9.75. The molecule has 1 aliphatic heterocycles. The summed E-state index contributed by atoms with van der Waals surface area (Å²) in [6, 6.07) is 9.75. The lowest BCUT2D eigenvalue weighted by Gasteiger charge is -2.43. The number of hydrogen-bond acceptors (Lipinski definition) is 1. The molecule has 0 saturated carbocycles. The molecule has 1 heteroatoms. The van der Waals surface area contributed by atoms with E-state index in [0.717, 1.165) is 5.92 Å². The van der Waals surface area contributed by atoms with E-state index in [9.17, 15) is 0 Å². The van der Waals surface area contributed by atoms with Gasteiger partial charge in [0, 0.05) is 6.04 Å². The second kappa shape index (κ2) is 3.64. The summed E-state index contributed by atoms with van der Waals surface area (Å²) >= 11 is 0. The third-order valence-corrected chi connectivity index (χ3v) is 4.17. The van der Waals surface area contributed by atoms with Crippen LogP contribution in [0.15, 0.2) is 24.3 Å². The van der Waals surface area contributed by atoms with Gasteiger partial charge in [-0.2, -0.15) is 0 Å². The average Bonchev–Trinajstić information content (AvgIpc) is 2.29. The molecule has 1 aliphatic carbocycles. The van der Waals surface area contributed by atoms with Crippen molar-refractivity contribution in [2.75, 3.05) is 13.6 Å². The third kappa shape index (κ3) is 1.50. The molecule has 1 heterocycles. The SMILES string of the molecule is CN1CCCC2CCc3ccccc3C21. The molecule has 15 heavy (non-hydrogen) atoms. The summed E-state index contributed by atoms with van der Waals surface area (Å²) in [4.78, 5) is 2.56. The Hall–Kier alpha value is -0.820. The highest BCUT2D eigenvalue weighted by atomic mass is 15.1. The molecule has 2 atom stereocenters. The quantitative estimate of drug-likeness (QED) is 0.623. The third-order valence-electron chi connectivity index (χ3n) is 4.17. The summed E-state index contributed by atoms with van der Waals surface area (Å²) in [6.45, 7) is 1.27. The lowest BCUT2D eigenvalue weighted by Crippen LogP contribution is -2.38. The Morgan fingerprint density at radius 1 is 1.20 bits per heavy atom. The van der Waals surface area contributed by atoms with Gasteiger partial charge in [-0.15, -0.1) is 0 Å². The van der Waals surface area contributed by atoms with Crippen LogP contribution in [-0.2, 0) is 6.42 Å². The van der Waals surface area contributed by atoms with Crippen LogP contribution in [0.5, 0.6) is 0 Å². The normalized spacial score (nSPS) is 30.7. The van der Waals surface area contributed by atoms with E-state index in [1.54, 1.807) is 11.1 Å². The lowest BCUT2D eigenvalue weighted by molar-refractivity contribution is 0.106. The largest absolute Gasteiger partial charge is 0.299 e. The maximum absolute atomic E-state index is 2.56. The number of fused-ring (bicyclic) bond motifs is 3. The van der Waals surface area contributed by atoms with E-state index >= 15 is 0 Å². The summed E-state index contributed by atoms with van der Waals surface area (Å²) in [7, 11) is 2.29. The van der Waals surface area contributed by atoms with Gasteiger partial charge in [-0.25, -0.2) is 0 Å². The van der Waals surface area contributed by atoms with Crippen molar-refractivity contribution in [1.82, 2.24) is 4.90 Å². The van der Waals surface area contributed by atoms with Crippen LogP contribution in [0, 0.1) is 5.92 Å². The molecular weight excluding hydrogens is 182 g/mol. The second-order valence-corrected chi connectivity index (χ2v) is 5.07. The molecule has 2 aliphatic rings. The molecular formula is C14H19N. The Morgan fingerprint density at radius 2 is 2.07 bits per heavy atom. The standard InChI is InChI=1S/C14H19N/c1-15-10-4-6-12-9-8-11-5-2-3-7-13(11)14(12)15/h2-3,5,7,12,14H,4,6,8-10H2,1H3. The fourth-order valence-corrected chi connectivity index (χ4v) is 3.44. The van der Waals surface area contributed by atoms with E-state index in [4.69, 9.17) is 0 Å². The fraction of sp³-hybridized carbons (Fsp3) is 0.571. The summed E-state index contributed by atoms with van der Waals surface area (Å²) in [6.07, 6.45) is 5.51. The van der Waals surface area contributed by atoms with Crippen LogP contribution in [0.4, 0.5) is 0 Å². The van der Waals surface area contributed by atoms with Gasteiger partial charge < -0.3 is 0 Å². The van der Waals surface area contributed by atoms with Gasteiger partial charge in [0.05, 0.1) is 0 Å². The Labute approximate surface area is 92.1 Å². The molecule has 0 spiro atoms. The topological polar surface area (TPSA) is 3.24 Å². The van der Waals surface area contributed by atoms with Crippen LogP contribution in [0.25, 0.3) is 0 Å². The van der Waals surface area contributed by atoms with Crippen LogP contribution in [0.3, 0.4) is 0 Å². The minimum atomic E-state index is 0.712. The van der Waals surface area contributed by atoms with Gasteiger partial charge in [0.15, 0.2) is 0 Å². The van der Waals surface area contributed by atoms with E-state index < -0.39 is 0 Å². The Bertz CT molecular complexity index is 358. The monoisotopic (exact) mass is 201 g/mol. The van der Waals surface area contributed by atoms with Gasteiger partial charge in [0.1, 0.15) is 0 Å². The van der Waals surface area contributed by atoms with E-state index in [1.165, 1.54) is 32.2 Å². The van der Waals surface area contributed by atoms with Crippen LogP contribution in [-0.4, -0.2) is 18.5 Å². The first-order valence-corrected chi connectivity index (χ1v) is 6.14. The minimum Gasteiger partial charge on any atom is -0.299 e. The van der Waals surface area contributed by atoms with Crippen molar-refractivity contribution >= 4 is 0 Å². The number of hydrogen-bond donors (Lipinski definition) is 0. The molecule has 1 nitrogen and oxygen atoms in total. The van der Waals surface area contributed by atoms with Gasteiger partial charge >= 0.3 is 0 Å². The fourth-order valence-electron chi connectivity index (χ4n) is 3.44. The smallest absolute Gasteiger partial charge is 0.0376 e. The summed E-state index contributed by atoms with van der Waals surface area (Å²) < 4.78 is 0. The number of rotatable bonds is 0. The molecule has 0 N–H and O–H groups in total. The number of piperidine rings is 1. The first kappa shape index (κ1) is 9.41. The van der Waals surface area contributed by atoms with E-state index in [2.05, 4.69) is 36.2 Å². The zero-order valence-electron chi connectivity index (χ0n) is 9.45. The first-order chi connectivity index (χ1) is 7.36. The van der Waals surface area contributed by atoms with Crippen molar-refractivity contribution in [2.45, 2.75) is 31.7 Å². The molecule has 1 saturated heterocycles. The van der Waals surface area contributed by atoms with E-state index in [0.29, 0.717) is 6.04 Å². The number of aryl methyl sites for hydroxylation is 1. The second-order valence-electron chi connectivity index (χ2n) is 5.07. The molecule has 1 fully saturated rings. The highest BCUT2D eigenvalue weighted by Crippen LogP contribution is 2.42. The van der Waals surface area contributed by atoms with Gasteiger partial charge in [-0.1, -0.05) is 24.3 Å². The number of benzene rings is 1. The van der Waals surface area contributed by atoms with Crippen molar-refractivity contribution in [3.05, 3.63) is 35.4 Å². The van der Waals surface area contributed by atoms with Crippen molar-refractivity contribution in [3.63, 3.8) is 0 Å². The summed E-state index contributed by atoms with van der Waals surface area (Å²) in [5.74, 6) is 0.915. The molecule has 0 bridgehead atoms. The molecule has 0 amide bonds. The van der Waals surface area contributed by atoms with Crippen molar-refractivity contribution in [1.29, 1.82) is 0 Å². The predicted octanol–water partition coefficient (Wildman–Crippen LogP) is 3.02. The Morgan fingerprint density at radius 3 is 3.00 bits per heavy atom. The van der Waals surface area contributed by atoms with Gasteiger partial charge in [-0.3, -0.25) is 4.90 Å². The van der Waals surface area contributed by atoms with Crippen LogP contribution in [0.2, 0.25) is 0 Å². The minimum absolute atomic E-state index is 0.712. The van der Waals surface area contributed by atoms with E-state index in [-0.39, 0.29) is 0 Å². The maximum Gasteiger partial charge on any atom is 0.0376 e. The van der Waals surface area contributed by atoms with Crippen molar-refractivity contribution in [2.24, 2.45) is 5.92 Å². The van der Waals surface area contributed by atoms with Crippen LogP contribution >= 0.6 is 0 Å². The van der Waals surface area contributed by atoms with Gasteiger partial charge in [0.25, 0.3) is 0 Å². The summed E-state index contributed by atoms with van der Waals surface area (Å²) in [5.41, 5.74) is 3.20. The average molecular weight is 201 g/mol. The molecule has 3 rings (SSSR count). The Balaban J connectivity index is 2.02. The van der Waals surface area contributed by atoms with Crippen molar-refractivity contribution < 1.29 is 0 Å². The summed E-state index contributed by atoms with van der Waals surface area (Å²) in [5, 5.41) is 0. The predicted molar refractivity (Wildman–Crippen MR) is 62.9 cm³/mol. The highest BCUT2D eigenvalue weighted by molar-refractivity contribution is 5.33. The molecule has 2 unspecified atom stereocenters. The zero-order valence-corrected chi connectivity index (χ0v) is 9.45. The number of likely N-dealkylation sites (tertiary alicyclic amines) is 1.